The van der Waals surface area contributed by atoms with Crippen molar-refractivity contribution in [3.05, 3.63) is 0 Å². The van der Waals surface area contributed by atoms with Gasteiger partial charge in [0.25, 0.3) is 0 Å². The highest BCUT2D eigenvalue weighted by Gasteiger charge is 2.23. The number of nitrogens with zero attached hydrogens (tertiary/aromatic N) is 1. The van der Waals surface area contributed by atoms with E-state index < -0.39 is 6.17 Å². The van der Waals surface area contributed by atoms with E-state index in [0.29, 0.717) is 19.0 Å². The van der Waals surface area contributed by atoms with E-state index in [1.165, 1.54) is 12.8 Å². The molecule has 72 valence electrons. The van der Waals surface area contributed by atoms with Gasteiger partial charge < -0.3 is 10.2 Å². The van der Waals surface area contributed by atoms with Crippen molar-refractivity contribution in [1.82, 2.24) is 10.2 Å². The molecule has 1 fully saturated rings. The molecule has 0 radical (unpaired) electrons. The lowest BCUT2D eigenvalue weighted by atomic mass is 10.1. The first kappa shape index (κ1) is 9.93. The van der Waals surface area contributed by atoms with Gasteiger partial charge in [-0.2, -0.15) is 0 Å². The Morgan fingerprint density at radius 1 is 1.67 bits per heavy atom. The number of hydrogen-bond acceptors (Lipinski definition) is 2. The molecule has 1 aliphatic rings. The van der Waals surface area contributed by atoms with E-state index in [0.717, 1.165) is 6.54 Å². The quantitative estimate of drug-likeness (QED) is 0.684. The third-order valence-electron chi connectivity index (χ3n) is 2.62. The molecule has 0 amide bonds. The maximum absolute atomic E-state index is 13.1. The van der Waals surface area contributed by atoms with Gasteiger partial charge in [0.1, 0.15) is 6.17 Å². The topological polar surface area (TPSA) is 15.3 Å². The van der Waals surface area contributed by atoms with Crippen LogP contribution in [-0.4, -0.2) is 44.3 Å². The summed E-state index contributed by atoms with van der Waals surface area (Å²) >= 11 is 0. The van der Waals surface area contributed by atoms with Crippen LogP contribution in [-0.2, 0) is 0 Å². The van der Waals surface area contributed by atoms with Crippen molar-refractivity contribution in [2.45, 2.75) is 31.5 Å². The van der Waals surface area contributed by atoms with Gasteiger partial charge >= 0.3 is 0 Å². The molecular weight excluding hydrogens is 155 g/mol. The summed E-state index contributed by atoms with van der Waals surface area (Å²) in [5.41, 5.74) is 0. The molecule has 1 rings (SSSR count). The van der Waals surface area contributed by atoms with Crippen LogP contribution in [0.5, 0.6) is 0 Å². The van der Waals surface area contributed by atoms with Gasteiger partial charge in [0.15, 0.2) is 0 Å². The first-order valence-electron chi connectivity index (χ1n) is 4.73. The summed E-state index contributed by atoms with van der Waals surface area (Å²) in [5.74, 6) is 0. The van der Waals surface area contributed by atoms with Gasteiger partial charge in [0, 0.05) is 12.6 Å². The van der Waals surface area contributed by atoms with Crippen LogP contribution in [0.15, 0.2) is 0 Å². The number of alkyl halides is 1. The second kappa shape index (κ2) is 4.77. The Morgan fingerprint density at radius 2 is 2.42 bits per heavy atom. The molecule has 2 unspecified atom stereocenters. The zero-order valence-electron chi connectivity index (χ0n) is 8.02. The summed E-state index contributed by atoms with van der Waals surface area (Å²) in [6.07, 6.45) is 2.41. The van der Waals surface area contributed by atoms with Crippen molar-refractivity contribution in [1.29, 1.82) is 0 Å². The van der Waals surface area contributed by atoms with Crippen LogP contribution in [0.1, 0.15) is 19.3 Å². The Morgan fingerprint density at radius 3 is 2.92 bits per heavy atom. The molecule has 2 atom stereocenters. The molecule has 1 N–H and O–H groups in total. The Bertz CT molecular complexity index is 130. The van der Waals surface area contributed by atoms with E-state index in [2.05, 4.69) is 17.3 Å². The smallest absolute Gasteiger partial charge is 0.114 e. The first-order valence-corrected chi connectivity index (χ1v) is 4.73. The van der Waals surface area contributed by atoms with E-state index >= 15 is 0 Å². The van der Waals surface area contributed by atoms with Crippen molar-refractivity contribution in [3.8, 4) is 0 Å². The molecule has 1 saturated heterocycles. The van der Waals surface area contributed by atoms with Gasteiger partial charge in [-0.3, -0.25) is 0 Å². The molecule has 0 saturated carbocycles. The number of nitrogens with one attached hydrogen (secondary N) is 1. The number of rotatable bonds is 4. The van der Waals surface area contributed by atoms with Crippen molar-refractivity contribution >= 4 is 0 Å². The van der Waals surface area contributed by atoms with Crippen molar-refractivity contribution in [2.24, 2.45) is 0 Å². The van der Waals surface area contributed by atoms with Crippen LogP contribution in [0.3, 0.4) is 0 Å². The zero-order valence-corrected chi connectivity index (χ0v) is 8.02. The van der Waals surface area contributed by atoms with E-state index in [9.17, 15) is 4.39 Å². The lowest BCUT2D eigenvalue weighted by Crippen LogP contribution is -2.31. The molecule has 0 aliphatic carbocycles. The fourth-order valence-electron chi connectivity index (χ4n) is 1.88. The minimum Gasteiger partial charge on any atom is -0.317 e. The van der Waals surface area contributed by atoms with Crippen molar-refractivity contribution < 1.29 is 4.39 Å². The summed E-state index contributed by atoms with van der Waals surface area (Å²) in [6.45, 7) is 1.63. The van der Waals surface area contributed by atoms with Crippen LogP contribution >= 0.6 is 0 Å². The van der Waals surface area contributed by atoms with Gasteiger partial charge in [0.05, 0.1) is 0 Å². The molecule has 1 heterocycles. The monoisotopic (exact) mass is 174 g/mol. The fourth-order valence-corrected chi connectivity index (χ4v) is 1.88. The third-order valence-corrected chi connectivity index (χ3v) is 2.62. The lowest BCUT2D eigenvalue weighted by Gasteiger charge is -2.20. The SMILES string of the molecule is CNCC(F)CC1CCCN1C. The predicted molar refractivity (Wildman–Crippen MR) is 49.1 cm³/mol. The summed E-state index contributed by atoms with van der Waals surface area (Å²) in [4.78, 5) is 2.27. The Hall–Kier alpha value is -0.150. The minimum atomic E-state index is -0.680. The largest absolute Gasteiger partial charge is 0.317 e. The Kier molecular flexibility index (Phi) is 3.95. The molecule has 0 aromatic rings. The van der Waals surface area contributed by atoms with E-state index in [1.54, 1.807) is 7.05 Å². The minimum absolute atomic E-state index is 0.480. The highest BCUT2D eigenvalue weighted by atomic mass is 19.1. The Labute approximate surface area is 74.1 Å². The van der Waals surface area contributed by atoms with E-state index in [4.69, 9.17) is 0 Å². The molecule has 1 aliphatic heterocycles. The molecule has 0 bridgehead atoms. The van der Waals surface area contributed by atoms with Crippen LogP contribution in [0, 0.1) is 0 Å². The van der Waals surface area contributed by atoms with Crippen LogP contribution in [0.25, 0.3) is 0 Å². The van der Waals surface area contributed by atoms with Gasteiger partial charge in [-0.05, 0) is 39.9 Å². The summed E-state index contributed by atoms with van der Waals surface area (Å²) in [6, 6.07) is 0.480. The van der Waals surface area contributed by atoms with Crippen molar-refractivity contribution in [2.75, 3.05) is 27.2 Å². The maximum atomic E-state index is 13.1. The predicted octanol–water partition coefficient (Wildman–Crippen LogP) is 1.03. The third kappa shape index (κ3) is 2.72. The first-order chi connectivity index (χ1) is 5.74. The average Bonchev–Trinajstić information content (AvgIpc) is 2.37. The van der Waals surface area contributed by atoms with Gasteiger partial charge in [-0.25, -0.2) is 4.39 Å². The molecule has 2 nitrogen and oxygen atoms in total. The molecule has 3 heteroatoms. The second-order valence-corrected chi connectivity index (χ2v) is 3.67. The summed E-state index contributed by atoms with van der Waals surface area (Å²) in [5, 5.41) is 2.86. The van der Waals surface area contributed by atoms with Gasteiger partial charge in [-0.1, -0.05) is 0 Å². The lowest BCUT2D eigenvalue weighted by molar-refractivity contribution is 0.217. The van der Waals surface area contributed by atoms with Gasteiger partial charge in [-0.15, -0.1) is 0 Å². The average molecular weight is 174 g/mol. The maximum Gasteiger partial charge on any atom is 0.114 e. The van der Waals surface area contributed by atoms with Crippen LogP contribution in [0.4, 0.5) is 4.39 Å². The molecular formula is C9H19FN2. The summed E-state index contributed by atoms with van der Waals surface area (Å²) in [7, 11) is 3.88. The second-order valence-electron chi connectivity index (χ2n) is 3.67. The zero-order chi connectivity index (χ0) is 8.97. The number of halogens is 1. The summed E-state index contributed by atoms with van der Waals surface area (Å²) < 4.78 is 13.1. The number of hydrogen-bond donors (Lipinski definition) is 1. The van der Waals surface area contributed by atoms with Gasteiger partial charge in [0.2, 0.25) is 0 Å². The number of likely N-dealkylation sites (tertiary alicyclic amines) is 1. The normalized spacial score (nSPS) is 27.8. The fraction of sp³-hybridized carbons (Fsp3) is 1.00. The molecule has 0 aromatic heterocycles. The van der Waals surface area contributed by atoms with Crippen LogP contribution in [0.2, 0.25) is 0 Å². The molecule has 0 spiro atoms. The Balaban J connectivity index is 2.20. The van der Waals surface area contributed by atoms with E-state index in [-0.39, 0.29) is 0 Å². The highest BCUT2D eigenvalue weighted by molar-refractivity contribution is 4.79. The van der Waals surface area contributed by atoms with Crippen LogP contribution < -0.4 is 5.32 Å². The highest BCUT2D eigenvalue weighted by Crippen LogP contribution is 2.19. The van der Waals surface area contributed by atoms with E-state index in [1.807, 2.05) is 0 Å². The molecule has 12 heavy (non-hydrogen) atoms. The standard InChI is InChI=1S/C9H19FN2/c1-11-7-8(10)6-9-4-3-5-12(9)2/h8-9,11H,3-7H2,1-2H3. The van der Waals surface area contributed by atoms with Crippen molar-refractivity contribution in [3.63, 3.8) is 0 Å². The molecule has 0 aromatic carbocycles.